The van der Waals surface area contributed by atoms with E-state index in [-0.39, 0.29) is 35.7 Å². The zero-order chi connectivity index (χ0) is 20.2. The lowest BCUT2D eigenvalue weighted by molar-refractivity contribution is -0.144. The van der Waals surface area contributed by atoms with Crippen molar-refractivity contribution < 1.29 is 34.8 Å². The molecule has 2 aromatic rings. The van der Waals surface area contributed by atoms with Gasteiger partial charge in [-0.3, -0.25) is 4.79 Å². The van der Waals surface area contributed by atoms with Crippen molar-refractivity contribution in [2.45, 2.75) is 31.4 Å². The highest BCUT2D eigenvalue weighted by atomic mass is 16.5. The van der Waals surface area contributed by atoms with Crippen LogP contribution in [0.1, 0.15) is 29.3 Å². The molecule has 2 aromatic carbocycles. The second-order valence-corrected chi connectivity index (χ2v) is 6.40. The fraction of sp³-hybridized carbons (Fsp3) is 0.263. The molecule has 8 heteroatoms. The summed E-state index contributed by atoms with van der Waals surface area (Å²) in [6.07, 6.45) is -1.22. The van der Waals surface area contributed by atoms with Gasteiger partial charge in [0.2, 0.25) is 0 Å². The van der Waals surface area contributed by atoms with Crippen molar-refractivity contribution in [1.29, 1.82) is 0 Å². The summed E-state index contributed by atoms with van der Waals surface area (Å²) in [7, 11) is 0. The topological polar surface area (TPSA) is 150 Å². The number of ether oxygens (including phenoxy) is 1. The molecule has 0 bridgehead atoms. The first-order valence-electron chi connectivity index (χ1n) is 8.14. The Morgan fingerprint density at radius 2 is 1.74 bits per heavy atom. The zero-order valence-corrected chi connectivity index (χ0v) is 14.6. The van der Waals surface area contributed by atoms with Crippen molar-refractivity contribution >= 4 is 11.9 Å². The number of nitrogens with two attached hydrogens (primary N) is 1. The van der Waals surface area contributed by atoms with Crippen molar-refractivity contribution in [3.63, 3.8) is 0 Å². The van der Waals surface area contributed by atoms with Gasteiger partial charge < -0.3 is 30.9 Å². The van der Waals surface area contributed by atoms with Crippen LogP contribution in [-0.4, -0.2) is 44.0 Å². The number of hydrogen-bond acceptors (Lipinski definition) is 7. The van der Waals surface area contributed by atoms with Crippen LogP contribution in [0.5, 0.6) is 17.2 Å². The minimum absolute atomic E-state index is 0.0363. The minimum Gasteiger partial charge on any atom is -0.507 e. The SMILES string of the molecule is C[C@@H](CC(N)(Cc1ccc(O)c(O)c1)C(=O)O)OC(=O)c1ccccc1O. The molecule has 1 unspecified atom stereocenters. The van der Waals surface area contributed by atoms with Crippen molar-refractivity contribution in [3.8, 4) is 17.2 Å². The number of para-hydroxylation sites is 1. The molecule has 2 atom stereocenters. The maximum Gasteiger partial charge on any atom is 0.342 e. The highest BCUT2D eigenvalue weighted by Gasteiger charge is 2.37. The molecule has 0 fully saturated rings. The average Bonchev–Trinajstić information content (AvgIpc) is 2.58. The third-order valence-electron chi connectivity index (χ3n) is 4.07. The first-order chi connectivity index (χ1) is 12.6. The number of aliphatic carboxylic acids is 1. The van der Waals surface area contributed by atoms with E-state index in [2.05, 4.69) is 0 Å². The number of phenols is 3. The molecule has 0 aliphatic carbocycles. The smallest absolute Gasteiger partial charge is 0.342 e. The molecule has 0 radical (unpaired) electrons. The van der Waals surface area contributed by atoms with Gasteiger partial charge in [0.25, 0.3) is 0 Å². The molecule has 0 saturated heterocycles. The number of carboxylic acids is 1. The molecule has 6 N–H and O–H groups in total. The van der Waals surface area contributed by atoms with Gasteiger partial charge >= 0.3 is 11.9 Å². The number of benzene rings is 2. The Morgan fingerprint density at radius 3 is 2.33 bits per heavy atom. The Hall–Kier alpha value is -3.26. The molecular formula is C19H21NO7. The number of hydrogen-bond donors (Lipinski definition) is 5. The van der Waals surface area contributed by atoms with E-state index in [0.717, 1.165) is 0 Å². The first kappa shape index (κ1) is 20.1. The van der Waals surface area contributed by atoms with Gasteiger partial charge in [-0.25, -0.2) is 4.79 Å². The molecule has 8 nitrogen and oxygen atoms in total. The second kappa shape index (κ2) is 7.96. The third kappa shape index (κ3) is 4.89. The molecule has 0 aliphatic rings. The van der Waals surface area contributed by atoms with Gasteiger partial charge in [-0.05, 0) is 36.8 Å². The van der Waals surface area contributed by atoms with Gasteiger partial charge in [0.15, 0.2) is 11.5 Å². The molecule has 0 heterocycles. The van der Waals surface area contributed by atoms with Crippen molar-refractivity contribution in [2.75, 3.05) is 0 Å². The quantitative estimate of drug-likeness (QED) is 0.363. The van der Waals surface area contributed by atoms with Crippen LogP contribution in [0.2, 0.25) is 0 Å². The highest BCUT2D eigenvalue weighted by molar-refractivity contribution is 5.92. The van der Waals surface area contributed by atoms with Crippen LogP contribution >= 0.6 is 0 Å². The monoisotopic (exact) mass is 375 g/mol. The van der Waals surface area contributed by atoms with Gasteiger partial charge in [0.1, 0.15) is 23.0 Å². The highest BCUT2D eigenvalue weighted by Crippen LogP contribution is 2.28. The Morgan fingerprint density at radius 1 is 1.07 bits per heavy atom. The Bertz CT molecular complexity index is 852. The van der Waals surface area contributed by atoms with Crippen molar-refractivity contribution in [3.05, 3.63) is 53.6 Å². The Labute approximate surface area is 155 Å². The molecule has 0 aliphatic heterocycles. The van der Waals surface area contributed by atoms with Gasteiger partial charge in [-0.2, -0.15) is 0 Å². The average molecular weight is 375 g/mol. The van der Waals surface area contributed by atoms with E-state index in [4.69, 9.17) is 10.5 Å². The molecule has 0 aromatic heterocycles. The third-order valence-corrected chi connectivity index (χ3v) is 4.07. The summed E-state index contributed by atoms with van der Waals surface area (Å²) < 4.78 is 5.21. The number of rotatable bonds is 7. The molecule has 0 spiro atoms. The number of carbonyl (C=O) groups is 2. The maximum atomic E-state index is 12.1. The fourth-order valence-corrected chi connectivity index (χ4v) is 2.73. The summed E-state index contributed by atoms with van der Waals surface area (Å²) in [6, 6.07) is 9.73. The normalized spacial score (nSPS) is 14.1. The lowest BCUT2D eigenvalue weighted by atomic mass is 9.86. The predicted octanol–water partition coefficient (Wildman–Crippen LogP) is 1.76. The first-order valence-corrected chi connectivity index (χ1v) is 8.14. The molecule has 0 saturated carbocycles. The van der Waals surface area contributed by atoms with Gasteiger partial charge in [-0.15, -0.1) is 0 Å². The summed E-state index contributed by atoms with van der Waals surface area (Å²) >= 11 is 0. The Kier molecular flexibility index (Phi) is 5.91. The number of carboxylic acid groups (broad SMARTS) is 1. The summed E-state index contributed by atoms with van der Waals surface area (Å²) in [5.74, 6) is -3.07. The van der Waals surface area contributed by atoms with E-state index >= 15 is 0 Å². The summed E-state index contributed by atoms with van der Waals surface area (Å²) in [4.78, 5) is 23.8. The van der Waals surface area contributed by atoms with Crippen LogP contribution in [0.25, 0.3) is 0 Å². The van der Waals surface area contributed by atoms with E-state index in [1.54, 1.807) is 12.1 Å². The summed E-state index contributed by atoms with van der Waals surface area (Å²) in [5, 5.41) is 38.1. The van der Waals surface area contributed by atoms with Crippen LogP contribution in [0.4, 0.5) is 0 Å². The molecule has 0 amide bonds. The summed E-state index contributed by atoms with van der Waals surface area (Å²) in [6.45, 7) is 1.50. The van der Waals surface area contributed by atoms with Gasteiger partial charge in [0, 0.05) is 12.8 Å². The molecule has 27 heavy (non-hydrogen) atoms. The summed E-state index contributed by atoms with van der Waals surface area (Å²) in [5.41, 5.74) is 4.61. The number of phenolic OH excluding ortho intramolecular Hbond substituents is 3. The fourth-order valence-electron chi connectivity index (χ4n) is 2.73. The number of esters is 1. The van der Waals surface area contributed by atoms with E-state index in [1.165, 1.54) is 37.3 Å². The van der Waals surface area contributed by atoms with E-state index in [0.29, 0.717) is 5.56 Å². The Balaban J connectivity index is 2.12. The van der Waals surface area contributed by atoms with Crippen LogP contribution in [0.15, 0.2) is 42.5 Å². The number of aromatic hydroxyl groups is 3. The van der Waals surface area contributed by atoms with Crippen LogP contribution in [0, 0.1) is 0 Å². The molecular weight excluding hydrogens is 354 g/mol. The van der Waals surface area contributed by atoms with E-state index in [1.807, 2.05) is 0 Å². The second-order valence-electron chi connectivity index (χ2n) is 6.40. The minimum atomic E-state index is -1.78. The number of carbonyl (C=O) groups excluding carboxylic acids is 1. The lowest BCUT2D eigenvalue weighted by Gasteiger charge is -2.28. The molecule has 2 rings (SSSR count). The van der Waals surface area contributed by atoms with Crippen LogP contribution < -0.4 is 5.73 Å². The zero-order valence-electron chi connectivity index (χ0n) is 14.6. The standard InChI is InChI=1S/C19H21NO7/c1-11(27-17(24)13-4-2-3-5-14(13)21)9-19(20,18(25)26)10-12-6-7-15(22)16(23)8-12/h2-8,11,21-23H,9-10,20H2,1H3,(H,25,26)/t11-,19?/m0/s1. The van der Waals surface area contributed by atoms with Crippen LogP contribution in [0.3, 0.4) is 0 Å². The van der Waals surface area contributed by atoms with E-state index < -0.39 is 23.6 Å². The molecule has 144 valence electrons. The lowest BCUT2D eigenvalue weighted by Crippen LogP contribution is -2.52. The van der Waals surface area contributed by atoms with Gasteiger partial charge in [0.05, 0.1) is 0 Å². The van der Waals surface area contributed by atoms with Crippen molar-refractivity contribution in [2.24, 2.45) is 5.73 Å². The maximum absolute atomic E-state index is 12.1. The van der Waals surface area contributed by atoms with Gasteiger partial charge in [-0.1, -0.05) is 18.2 Å². The van der Waals surface area contributed by atoms with Crippen molar-refractivity contribution in [1.82, 2.24) is 0 Å². The largest absolute Gasteiger partial charge is 0.507 e. The van der Waals surface area contributed by atoms with E-state index in [9.17, 15) is 30.0 Å². The van der Waals surface area contributed by atoms with Crippen LogP contribution in [-0.2, 0) is 16.0 Å². The predicted molar refractivity (Wildman–Crippen MR) is 95.6 cm³/mol.